The molecule has 0 atom stereocenters. The average molecular weight is 178 g/mol. The first-order chi connectivity index (χ1) is 5.13. The van der Waals surface area contributed by atoms with Crippen LogP contribution < -0.4 is 0 Å². The molecule has 0 heterocycles. The van der Waals surface area contributed by atoms with Crippen LogP contribution >= 0.6 is 0 Å². The Balaban J connectivity index is -0.000000138. The highest BCUT2D eigenvalue weighted by Gasteiger charge is 2.02. The molecular formula is C8H23AlO2. The van der Waals surface area contributed by atoms with E-state index < -0.39 is 0 Å². The Bertz CT molecular complexity index is 41.4. The molecule has 0 unspecified atom stereocenters. The molecule has 0 rings (SSSR count). The molecule has 0 saturated heterocycles. The molecule has 0 aliphatic heterocycles. The highest BCUT2D eigenvalue weighted by Crippen LogP contribution is 2.03. The Kier molecular flexibility index (Phi) is 26.8. The van der Waals surface area contributed by atoms with Gasteiger partial charge in [-0.3, -0.25) is 0 Å². The lowest BCUT2D eigenvalue weighted by Gasteiger charge is -2.01. The van der Waals surface area contributed by atoms with Crippen LogP contribution in [0.3, 0.4) is 0 Å². The normalized spacial score (nSPS) is 7.36. The standard InChI is InChI=1S/C4H9.2CH4O.2CH3.Al/c1-4(2)3;2*1-2;;;/h4H,1H2,2-3H3;2*2H,1H3;2*1H3;. The van der Waals surface area contributed by atoms with Crippen LogP contribution in [0.5, 0.6) is 0 Å². The van der Waals surface area contributed by atoms with Gasteiger partial charge in [-0.25, -0.2) is 0 Å². The monoisotopic (exact) mass is 178 g/mol. The lowest BCUT2D eigenvalue weighted by molar-refractivity contribution is 0.399. The summed E-state index contributed by atoms with van der Waals surface area (Å²) in [6.45, 7) is 4.60. The van der Waals surface area contributed by atoms with Gasteiger partial charge in [0, 0.05) is 14.2 Å². The molecule has 70 valence electrons. The summed E-state index contributed by atoms with van der Waals surface area (Å²) in [5.41, 5.74) is 0. The van der Waals surface area contributed by atoms with Crippen LogP contribution in [-0.2, 0) is 0 Å². The maximum Gasteiger partial charge on any atom is 0.255 e. The maximum atomic E-state index is 7.00. The zero-order valence-corrected chi connectivity index (χ0v) is 9.91. The molecule has 0 aliphatic rings. The molecule has 2 nitrogen and oxygen atoms in total. The van der Waals surface area contributed by atoms with Crippen molar-refractivity contribution in [2.75, 3.05) is 14.2 Å². The molecular weight excluding hydrogens is 155 g/mol. The van der Waals surface area contributed by atoms with Gasteiger partial charge in [-0.1, -0.05) is 25.0 Å². The first-order valence-electron chi connectivity index (χ1n) is 4.02. The minimum atomic E-state index is -0.228. The molecule has 0 aromatic rings. The van der Waals surface area contributed by atoms with E-state index in [0.29, 0.717) is 0 Å². The second-order valence-corrected chi connectivity index (χ2v) is 6.28. The predicted octanol–water partition coefficient (Wildman–Crippen LogP) is 1.61. The van der Waals surface area contributed by atoms with Crippen molar-refractivity contribution >= 4 is 14.1 Å². The molecule has 3 heteroatoms. The van der Waals surface area contributed by atoms with Gasteiger partial charge in [-0.15, -0.1) is 11.6 Å². The van der Waals surface area contributed by atoms with Crippen LogP contribution in [0, 0.1) is 5.92 Å². The summed E-state index contributed by atoms with van der Waals surface area (Å²) in [5, 5.41) is 15.5. The second-order valence-electron chi connectivity index (χ2n) is 3.02. The van der Waals surface area contributed by atoms with E-state index in [1.807, 2.05) is 0 Å². The molecule has 0 aliphatic carbocycles. The van der Waals surface area contributed by atoms with Crippen LogP contribution in [0.25, 0.3) is 0 Å². The number of aliphatic hydroxyl groups is 2. The van der Waals surface area contributed by atoms with E-state index >= 15 is 0 Å². The Morgan fingerprint density at radius 3 is 1.27 bits per heavy atom. The third kappa shape index (κ3) is 37.7. The zero-order chi connectivity index (χ0) is 9.86. The zero-order valence-electron chi connectivity index (χ0n) is 8.76. The quantitative estimate of drug-likeness (QED) is 0.631. The van der Waals surface area contributed by atoms with Crippen molar-refractivity contribution in [1.82, 2.24) is 0 Å². The number of aliphatic hydroxyl groups excluding tert-OH is 2. The Morgan fingerprint density at radius 2 is 1.27 bits per heavy atom. The van der Waals surface area contributed by atoms with Gasteiger partial charge < -0.3 is 10.2 Å². The van der Waals surface area contributed by atoms with Crippen molar-refractivity contribution in [3.8, 4) is 0 Å². The van der Waals surface area contributed by atoms with Crippen LogP contribution in [0.1, 0.15) is 13.8 Å². The van der Waals surface area contributed by atoms with Crippen molar-refractivity contribution in [2.24, 2.45) is 5.92 Å². The summed E-state index contributed by atoms with van der Waals surface area (Å²) < 4.78 is 0. The summed E-state index contributed by atoms with van der Waals surface area (Å²) in [6.07, 6.45) is 0. The fourth-order valence-electron chi connectivity index (χ4n) is 0.943. The molecule has 0 amide bonds. The maximum absolute atomic E-state index is 7.00. The van der Waals surface area contributed by atoms with Gasteiger partial charge in [-0.2, -0.15) is 0 Å². The first kappa shape index (κ1) is 17.5. The topological polar surface area (TPSA) is 40.5 Å². The van der Waals surface area contributed by atoms with Gasteiger partial charge in [-0.05, 0) is 0 Å². The summed E-state index contributed by atoms with van der Waals surface area (Å²) >= 11 is -0.228. The van der Waals surface area contributed by atoms with Crippen LogP contribution in [-0.4, -0.2) is 38.6 Å². The van der Waals surface area contributed by atoms with Gasteiger partial charge in [0.15, 0.2) is 0 Å². The Labute approximate surface area is 75.6 Å². The number of hydrogen-bond donors (Lipinski definition) is 2. The van der Waals surface area contributed by atoms with Crippen molar-refractivity contribution < 1.29 is 10.2 Å². The molecule has 0 bridgehead atoms. The SMILES string of the molecule is CC(C)[CH2][Al]([CH3])[CH3].CO.CO. The Morgan fingerprint density at radius 1 is 1.00 bits per heavy atom. The summed E-state index contributed by atoms with van der Waals surface area (Å²) in [5.74, 6) is 5.74. The van der Waals surface area contributed by atoms with Gasteiger partial charge in [0.1, 0.15) is 0 Å². The summed E-state index contributed by atoms with van der Waals surface area (Å²) in [6, 6.07) is 0. The molecule has 0 spiro atoms. The largest absolute Gasteiger partial charge is 0.400 e. The minimum absolute atomic E-state index is 0.228. The minimum Gasteiger partial charge on any atom is -0.400 e. The van der Waals surface area contributed by atoms with Crippen LogP contribution in [0.15, 0.2) is 0 Å². The van der Waals surface area contributed by atoms with Crippen molar-refractivity contribution in [3.63, 3.8) is 0 Å². The van der Waals surface area contributed by atoms with Gasteiger partial charge in [0.05, 0.1) is 0 Å². The molecule has 2 N–H and O–H groups in total. The molecule has 0 aromatic heterocycles. The molecule has 0 radical (unpaired) electrons. The van der Waals surface area contributed by atoms with Gasteiger partial charge in [0.2, 0.25) is 0 Å². The van der Waals surface area contributed by atoms with Gasteiger partial charge in [0.25, 0.3) is 14.1 Å². The third-order valence-corrected chi connectivity index (χ3v) is 2.83. The second kappa shape index (κ2) is 16.8. The van der Waals surface area contributed by atoms with Crippen molar-refractivity contribution in [2.45, 2.75) is 30.7 Å². The third-order valence-electron chi connectivity index (χ3n) is 0.943. The molecule has 0 aromatic carbocycles. The number of rotatable bonds is 2. The van der Waals surface area contributed by atoms with Crippen LogP contribution in [0.2, 0.25) is 16.9 Å². The van der Waals surface area contributed by atoms with E-state index in [1.165, 1.54) is 5.28 Å². The predicted molar refractivity (Wildman–Crippen MR) is 53.4 cm³/mol. The summed E-state index contributed by atoms with van der Waals surface area (Å²) in [4.78, 5) is 0. The summed E-state index contributed by atoms with van der Waals surface area (Å²) in [7, 11) is 2.00. The van der Waals surface area contributed by atoms with Crippen molar-refractivity contribution in [3.05, 3.63) is 0 Å². The highest BCUT2D eigenvalue weighted by atomic mass is 27.2. The fourth-order valence-corrected chi connectivity index (χ4v) is 2.83. The van der Waals surface area contributed by atoms with E-state index in [-0.39, 0.29) is 14.1 Å². The number of hydrogen-bond acceptors (Lipinski definition) is 2. The van der Waals surface area contributed by atoms with E-state index in [2.05, 4.69) is 25.4 Å². The molecule has 11 heavy (non-hydrogen) atoms. The lowest BCUT2D eigenvalue weighted by atomic mass is 10.3. The Hall–Kier alpha value is 0.452. The smallest absolute Gasteiger partial charge is 0.255 e. The average Bonchev–Trinajstić information content (AvgIpc) is 1.93. The first-order valence-corrected chi connectivity index (χ1v) is 7.15. The van der Waals surface area contributed by atoms with E-state index in [1.54, 1.807) is 0 Å². The fraction of sp³-hybridized carbons (Fsp3) is 1.00. The highest BCUT2D eigenvalue weighted by molar-refractivity contribution is 6.55. The van der Waals surface area contributed by atoms with Gasteiger partial charge >= 0.3 is 0 Å². The molecule has 0 fully saturated rings. The van der Waals surface area contributed by atoms with E-state index in [0.717, 1.165) is 20.1 Å². The molecule has 0 saturated carbocycles. The van der Waals surface area contributed by atoms with Crippen LogP contribution in [0.4, 0.5) is 0 Å². The van der Waals surface area contributed by atoms with E-state index in [9.17, 15) is 0 Å². The lowest BCUT2D eigenvalue weighted by Crippen LogP contribution is -2.02. The van der Waals surface area contributed by atoms with Crippen molar-refractivity contribution in [1.29, 1.82) is 0 Å². The van der Waals surface area contributed by atoms with E-state index in [4.69, 9.17) is 10.2 Å².